The summed E-state index contributed by atoms with van der Waals surface area (Å²) in [7, 11) is -2.83. The molecule has 29 heavy (non-hydrogen) atoms. The Morgan fingerprint density at radius 3 is 1.45 bits per heavy atom. The summed E-state index contributed by atoms with van der Waals surface area (Å²) in [5, 5.41) is 4.06. The van der Waals surface area contributed by atoms with Crippen LogP contribution in [0.2, 0.25) is 13.1 Å². The minimum absolute atomic E-state index is 0.254. The van der Waals surface area contributed by atoms with Crippen molar-refractivity contribution in [3.8, 4) is 0 Å². The highest BCUT2D eigenvalue weighted by Crippen LogP contribution is 2.71. The molecule has 2 aromatic rings. The van der Waals surface area contributed by atoms with Gasteiger partial charge in [0.25, 0.3) is 0 Å². The average Bonchev–Trinajstić information content (AvgIpc) is 2.61. The Labute approximate surface area is 183 Å². The molecule has 0 aliphatic carbocycles. The van der Waals surface area contributed by atoms with Gasteiger partial charge in [-0.1, -0.05) is 110 Å². The van der Waals surface area contributed by atoms with Gasteiger partial charge in [-0.05, 0) is 48.9 Å². The third kappa shape index (κ3) is 6.24. The second-order valence-corrected chi connectivity index (χ2v) is 21.8. The first-order valence-electron chi connectivity index (χ1n) is 10.7. The van der Waals surface area contributed by atoms with Crippen LogP contribution < -0.4 is 10.6 Å². The van der Waals surface area contributed by atoms with Crippen molar-refractivity contribution in [3.05, 3.63) is 60.7 Å². The van der Waals surface area contributed by atoms with Crippen LogP contribution in [0.4, 0.5) is 0 Å². The lowest BCUT2D eigenvalue weighted by atomic mass is 10.2. The van der Waals surface area contributed by atoms with Crippen LogP contribution >= 0.6 is 15.8 Å². The third-order valence-corrected chi connectivity index (χ3v) is 19.7. The van der Waals surface area contributed by atoms with Crippen molar-refractivity contribution in [1.29, 1.82) is 0 Å². The summed E-state index contributed by atoms with van der Waals surface area (Å²) in [4.78, 5) is 0. The Kier molecular flexibility index (Phi) is 8.31. The van der Waals surface area contributed by atoms with E-state index in [4.69, 9.17) is 4.43 Å². The lowest BCUT2D eigenvalue weighted by molar-refractivity contribution is 0.331. The molecule has 0 saturated carbocycles. The smallest absolute Gasteiger partial charge is 0.198 e. The molecule has 0 saturated heterocycles. The summed E-state index contributed by atoms with van der Waals surface area (Å²) in [6, 6.07) is 22.5. The SMILES string of the molecule is CCO[Si](C)(C)C(P(c1ccccc1)c1ccccc1)P(C(C)(C)C)C(C)(C)C. The maximum Gasteiger partial charge on any atom is 0.198 e. The van der Waals surface area contributed by atoms with Gasteiger partial charge < -0.3 is 4.43 Å². The van der Waals surface area contributed by atoms with Gasteiger partial charge >= 0.3 is 0 Å². The predicted molar refractivity (Wildman–Crippen MR) is 138 cm³/mol. The van der Waals surface area contributed by atoms with Gasteiger partial charge in [-0.2, -0.15) is 0 Å². The second kappa shape index (κ2) is 9.74. The molecule has 0 bridgehead atoms. The van der Waals surface area contributed by atoms with Crippen molar-refractivity contribution >= 4 is 34.8 Å². The molecule has 0 amide bonds. The van der Waals surface area contributed by atoms with Gasteiger partial charge in [-0.25, -0.2) is 0 Å². The van der Waals surface area contributed by atoms with E-state index in [1.807, 2.05) is 0 Å². The largest absolute Gasteiger partial charge is 0.417 e. The maximum absolute atomic E-state index is 6.66. The van der Waals surface area contributed by atoms with Gasteiger partial charge in [0.2, 0.25) is 0 Å². The van der Waals surface area contributed by atoms with E-state index >= 15 is 0 Å². The van der Waals surface area contributed by atoms with E-state index < -0.39 is 16.2 Å². The first-order valence-corrected chi connectivity index (χ1v) is 16.5. The Morgan fingerprint density at radius 2 is 1.14 bits per heavy atom. The number of benzene rings is 2. The predicted octanol–water partition coefficient (Wildman–Crippen LogP) is 7.31. The van der Waals surface area contributed by atoms with Crippen molar-refractivity contribution < 1.29 is 4.43 Å². The van der Waals surface area contributed by atoms with Gasteiger partial charge in [-0.15, -0.1) is 0 Å². The molecule has 1 atom stereocenters. The highest BCUT2D eigenvalue weighted by Gasteiger charge is 2.52. The molecule has 0 heterocycles. The van der Waals surface area contributed by atoms with E-state index in [0.717, 1.165) is 6.61 Å². The zero-order valence-corrected chi connectivity index (χ0v) is 22.6. The van der Waals surface area contributed by atoms with E-state index in [1.165, 1.54) is 10.6 Å². The van der Waals surface area contributed by atoms with Crippen molar-refractivity contribution in [3.63, 3.8) is 0 Å². The highest BCUT2D eigenvalue weighted by molar-refractivity contribution is 7.88. The molecule has 4 heteroatoms. The number of rotatable bonds is 7. The van der Waals surface area contributed by atoms with E-state index in [0.29, 0.717) is 5.02 Å². The molecular formula is C25H40OP2Si. The van der Waals surface area contributed by atoms with Gasteiger partial charge in [0, 0.05) is 11.6 Å². The fourth-order valence-electron chi connectivity index (χ4n) is 4.53. The molecule has 2 aromatic carbocycles. The van der Waals surface area contributed by atoms with E-state index in [1.54, 1.807) is 0 Å². The molecule has 0 aliphatic rings. The molecule has 0 aliphatic heterocycles. The van der Waals surface area contributed by atoms with Crippen LogP contribution in [0.5, 0.6) is 0 Å². The van der Waals surface area contributed by atoms with Crippen LogP contribution in [-0.2, 0) is 4.43 Å². The van der Waals surface area contributed by atoms with E-state index in [9.17, 15) is 0 Å². The molecule has 0 radical (unpaired) electrons. The fraction of sp³-hybridized carbons (Fsp3) is 0.520. The summed E-state index contributed by atoms with van der Waals surface area (Å²) in [5.74, 6) is 0. The Balaban J connectivity index is 2.81. The van der Waals surface area contributed by atoms with Gasteiger partial charge in [-0.3, -0.25) is 0 Å². The quantitative estimate of drug-likeness (QED) is 0.320. The molecule has 1 unspecified atom stereocenters. The van der Waals surface area contributed by atoms with Crippen LogP contribution in [0.1, 0.15) is 48.5 Å². The molecule has 0 aromatic heterocycles. The lowest BCUT2D eigenvalue weighted by Crippen LogP contribution is -2.50. The van der Waals surface area contributed by atoms with Crippen molar-refractivity contribution in [2.75, 3.05) is 6.61 Å². The summed E-state index contributed by atoms with van der Waals surface area (Å²) in [5.41, 5.74) is 0. The number of hydrogen-bond donors (Lipinski definition) is 0. The fourth-order valence-corrected chi connectivity index (χ4v) is 23.2. The van der Waals surface area contributed by atoms with Gasteiger partial charge in [0.1, 0.15) is 0 Å². The van der Waals surface area contributed by atoms with Crippen LogP contribution in [0, 0.1) is 0 Å². The average molecular weight is 447 g/mol. The minimum atomic E-state index is -1.99. The summed E-state index contributed by atoms with van der Waals surface area (Å²) < 4.78 is 6.66. The Hall–Kier alpha value is -0.523. The molecule has 1 nitrogen and oxygen atoms in total. The van der Waals surface area contributed by atoms with Crippen LogP contribution in [0.3, 0.4) is 0 Å². The molecular weight excluding hydrogens is 406 g/mol. The molecule has 0 spiro atoms. The standard InChI is InChI=1S/C25H40OP2Si/c1-10-26-29(8,9)23(28(24(2,3)4)25(5,6)7)27(21-17-13-11-14-18-21)22-19-15-12-16-20-22/h11-20,23H,10H2,1-9H3. The van der Waals surface area contributed by atoms with Crippen molar-refractivity contribution in [1.82, 2.24) is 0 Å². The van der Waals surface area contributed by atoms with Gasteiger partial charge in [0.05, 0.1) is 0 Å². The van der Waals surface area contributed by atoms with Crippen LogP contribution in [0.25, 0.3) is 0 Å². The molecule has 160 valence electrons. The summed E-state index contributed by atoms with van der Waals surface area (Å²) in [6.07, 6.45) is 0. The minimum Gasteiger partial charge on any atom is -0.417 e. The maximum atomic E-state index is 6.66. The Bertz CT molecular complexity index is 694. The van der Waals surface area contributed by atoms with Crippen LogP contribution in [0.15, 0.2) is 60.7 Å². The lowest BCUT2D eigenvalue weighted by Gasteiger charge is -2.53. The zero-order chi connectivity index (χ0) is 21.9. The van der Waals surface area contributed by atoms with Gasteiger partial charge in [0.15, 0.2) is 8.32 Å². The van der Waals surface area contributed by atoms with E-state index in [2.05, 4.69) is 122 Å². The Morgan fingerprint density at radius 1 is 0.759 bits per heavy atom. The summed E-state index contributed by atoms with van der Waals surface area (Å²) >= 11 is 0. The first-order chi connectivity index (χ1) is 13.4. The molecule has 2 rings (SSSR count). The van der Waals surface area contributed by atoms with Crippen molar-refractivity contribution in [2.24, 2.45) is 0 Å². The third-order valence-electron chi connectivity index (χ3n) is 5.14. The highest BCUT2D eigenvalue weighted by atomic mass is 31.2. The molecule has 0 N–H and O–H groups in total. The van der Waals surface area contributed by atoms with Crippen molar-refractivity contribution in [2.45, 2.75) is 76.9 Å². The van der Waals surface area contributed by atoms with Crippen LogP contribution in [-0.4, -0.2) is 30.3 Å². The first kappa shape index (κ1) is 24.7. The summed E-state index contributed by atoms with van der Waals surface area (Å²) in [6.45, 7) is 22.6. The molecule has 0 fully saturated rings. The van der Waals surface area contributed by atoms with E-state index in [-0.39, 0.29) is 18.2 Å². The zero-order valence-electron chi connectivity index (χ0n) is 19.9. The number of hydrogen-bond acceptors (Lipinski definition) is 1. The topological polar surface area (TPSA) is 9.23 Å². The normalized spacial score (nSPS) is 14.4. The monoisotopic (exact) mass is 446 g/mol. The second-order valence-electron chi connectivity index (χ2n) is 10.2.